The third kappa shape index (κ3) is 6.25. The standard InChI is InChI=1S/C17H24N2O2/c1-4-6-7-15-8-10-16(11-9-15)18-17(21)13-19(12-5-2)14(3)20/h5,8-11H,2,4,6-7,12-13H2,1,3H3,(H,18,21). The van der Waals surface area contributed by atoms with E-state index < -0.39 is 0 Å². The van der Waals surface area contributed by atoms with E-state index >= 15 is 0 Å². The Labute approximate surface area is 126 Å². The molecule has 0 atom stereocenters. The van der Waals surface area contributed by atoms with Crippen molar-refractivity contribution in [2.24, 2.45) is 0 Å². The SMILES string of the molecule is C=CCN(CC(=O)Nc1ccc(CCCC)cc1)C(C)=O. The molecule has 0 spiro atoms. The summed E-state index contributed by atoms with van der Waals surface area (Å²) in [7, 11) is 0. The van der Waals surface area contributed by atoms with E-state index in [1.165, 1.54) is 30.2 Å². The number of nitrogens with one attached hydrogen (secondary N) is 1. The van der Waals surface area contributed by atoms with Crippen molar-refractivity contribution < 1.29 is 9.59 Å². The fourth-order valence-corrected chi connectivity index (χ4v) is 1.97. The summed E-state index contributed by atoms with van der Waals surface area (Å²) in [5, 5.41) is 2.80. The van der Waals surface area contributed by atoms with Crippen molar-refractivity contribution >= 4 is 17.5 Å². The van der Waals surface area contributed by atoms with Gasteiger partial charge >= 0.3 is 0 Å². The minimum absolute atomic E-state index is 0.0406. The zero-order chi connectivity index (χ0) is 15.7. The Morgan fingerprint density at radius 3 is 2.48 bits per heavy atom. The Kier molecular flexibility index (Phi) is 7.23. The number of nitrogens with zero attached hydrogens (tertiary/aromatic N) is 1. The highest BCUT2D eigenvalue weighted by Gasteiger charge is 2.12. The summed E-state index contributed by atoms with van der Waals surface area (Å²) in [4.78, 5) is 24.7. The Morgan fingerprint density at radius 1 is 1.29 bits per heavy atom. The van der Waals surface area contributed by atoms with E-state index in [0.29, 0.717) is 6.54 Å². The van der Waals surface area contributed by atoms with E-state index in [-0.39, 0.29) is 18.4 Å². The Bertz CT molecular complexity index is 480. The molecule has 0 radical (unpaired) electrons. The van der Waals surface area contributed by atoms with Gasteiger partial charge in [-0.25, -0.2) is 0 Å². The average molecular weight is 288 g/mol. The zero-order valence-electron chi connectivity index (χ0n) is 12.9. The van der Waals surface area contributed by atoms with Crippen LogP contribution >= 0.6 is 0 Å². The van der Waals surface area contributed by atoms with Gasteiger partial charge in [-0.2, -0.15) is 0 Å². The van der Waals surface area contributed by atoms with E-state index in [2.05, 4.69) is 18.8 Å². The van der Waals surface area contributed by atoms with Crippen LogP contribution in [-0.4, -0.2) is 29.8 Å². The first-order chi connectivity index (χ1) is 10.1. The minimum atomic E-state index is -0.201. The summed E-state index contributed by atoms with van der Waals surface area (Å²) in [6.45, 7) is 7.61. The van der Waals surface area contributed by atoms with Gasteiger partial charge in [-0.05, 0) is 30.5 Å². The number of unbranched alkanes of at least 4 members (excludes halogenated alkanes) is 1. The number of benzene rings is 1. The molecule has 0 heterocycles. The van der Waals surface area contributed by atoms with Crippen molar-refractivity contribution in [3.05, 3.63) is 42.5 Å². The maximum atomic E-state index is 11.9. The quantitative estimate of drug-likeness (QED) is 0.748. The highest BCUT2D eigenvalue weighted by atomic mass is 16.2. The molecule has 0 bridgehead atoms. The van der Waals surface area contributed by atoms with E-state index in [9.17, 15) is 9.59 Å². The highest BCUT2D eigenvalue weighted by Crippen LogP contribution is 2.11. The van der Waals surface area contributed by atoms with Gasteiger partial charge in [-0.3, -0.25) is 9.59 Å². The van der Waals surface area contributed by atoms with Crippen LogP contribution in [0.15, 0.2) is 36.9 Å². The van der Waals surface area contributed by atoms with Crippen molar-refractivity contribution in [3.8, 4) is 0 Å². The van der Waals surface area contributed by atoms with E-state index in [1.807, 2.05) is 24.3 Å². The largest absolute Gasteiger partial charge is 0.330 e. The summed E-state index contributed by atoms with van der Waals surface area (Å²) in [6, 6.07) is 7.85. The molecule has 0 saturated carbocycles. The molecule has 0 aromatic heterocycles. The maximum Gasteiger partial charge on any atom is 0.244 e. The van der Waals surface area contributed by atoms with E-state index in [1.54, 1.807) is 6.08 Å². The number of hydrogen-bond acceptors (Lipinski definition) is 2. The van der Waals surface area contributed by atoms with Crippen molar-refractivity contribution in [2.75, 3.05) is 18.4 Å². The fraction of sp³-hybridized carbons (Fsp3) is 0.412. The number of aryl methyl sites for hydroxylation is 1. The lowest BCUT2D eigenvalue weighted by Gasteiger charge is -2.18. The Balaban J connectivity index is 2.53. The van der Waals surface area contributed by atoms with Gasteiger partial charge < -0.3 is 10.2 Å². The summed E-state index contributed by atoms with van der Waals surface area (Å²) in [5.41, 5.74) is 2.02. The second-order valence-corrected chi connectivity index (χ2v) is 5.04. The van der Waals surface area contributed by atoms with Gasteiger partial charge in [0.05, 0.1) is 0 Å². The first-order valence-corrected chi connectivity index (χ1v) is 7.32. The number of rotatable bonds is 8. The van der Waals surface area contributed by atoms with Crippen LogP contribution in [0, 0.1) is 0 Å². The lowest BCUT2D eigenvalue weighted by atomic mass is 10.1. The van der Waals surface area contributed by atoms with Crippen LogP contribution in [0.25, 0.3) is 0 Å². The van der Waals surface area contributed by atoms with Crippen molar-refractivity contribution in [2.45, 2.75) is 33.1 Å². The number of carbonyl (C=O) groups excluding carboxylic acids is 2. The van der Waals surface area contributed by atoms with Crippen LogP contribution in [0.4, 0.5) is 5.69 Å². The van der Waals surface area contributed by atoms with Gasteiger partial charge in [0.1, 0.15) is 6.54 Å². The van der Waals surface area contributed by atoms with Gasteiger partial charge in [0, 0.05) is 19.2 Å². The van der Waals surface area contributed by atoms with Gasteiger partial charge in [-0.1, -0.05) is 31.6 Å². The van der Waals surface area contributed by atoms with Crippen LogP contribution in [0.5, 0.6) is 0 Å². The number of carbonyl (C=O) groups is 2. The average Bonchev–Trinajstić information content (AvgIpc) is 2.46. The summed E-state index contributed by atoms with van der Waals surface area (Å²) in [5.74, 6) is -0.340. The van der Waals surface area contributed by atoms with Crippen LogP contribution in [0.3, 0.4) is 0 Å². The lowest BCUT2D eigenvalue weighted by Crippen LogP contribution is -2.36. The molecule has 1 aromatic rings. The second kappa shape index (κ2) is 8.95. The second-order valence-electron chi connectivity index (χ2n) is 5.04. The van der Waals surface area contributed by atoms with Crippen molar-refractivity contribution in [1.29, 1.82) is 0 Å². The molecule has 0 fully saturated rings. The first kappa shape index (κ1) is 17.0. The molecule has 21 heavy (non-hydrogen) atoms. The molecular formula is C17H24N2O2. The van der Waals surface area contributed by atoms with Crippen molar-refractivity contribution in [3.63, 3.8) is 0 Å². The Morgan fingerprint density at radius 2 is 1.95 bits per heavy atom. The smallest absolute Gasteiger partial charge is 0.244 e. The Hall–Kier alpha value is -2.10. The molecule has 4 nitrogen and oxygen atoms in total. The molecule has 0 unspecified atom stereocenters. The molecule has 4 heteroatoms. The van der Waals surface area contributed by atoms with Crippen molar-refractivity contribution in [1.82, 2.24) is 4.90 Å². The maximum absolute atomic E-state index is 11.9. The van der Waals surface area contributed by atoms with Crippen LogP contribution in [0.2, 0.25) is 0 Å². The third-order valence-corrected chi connectivity index (χ3v) is 3.19. The summed E-state index contributed by atoms with van der Waals surface area (Å²) >= 11 is 0. The lowest BCUT2D eigenvalue weighted by molar-refractivity contribution is -0.132. The predicted molar refractivity (Wildman–Crippen MR) is 86.1 cm³/mol. The zero-order valence-corrected chi connectivity index (χ0v) is 12.9. The van der Waals surface area contributed by atoms with Gasteiger partial charge in [0.15, 0.2) is 0 Å². The number of amides is 2. The number of hydrogen-bond donors (Lipinski definition) is 1. The molecule has 2 amide bonds. The van der Waals surface area contributed by atoms with Crippen LogP contribution in [0.1, 0.15) is 32.3 Å². The van der Waals surface area contributed by atoms with Crippen LogP contribution in [-0.2, 0) is 16.0 Å². The van der Waals surface area contributed by atoms with Crippen LogP contribution < -0.4 is 5.32 Å². The number of anilines is 1. The predicted octanol–water partition coefficient (Wildman–Crippen LogP) is 3.00. The highest BCUT2D eigenvalue weighted by molar-refractivity contribution is 5.94. The monoisotopic (exact) mass is 288 g/mol. The normalized spacial score (nSPS) is 10.0. The molecule has 0 aliphatic rings. The van der Waals surface area contributed by atoms with Gasteiger partial charge in [0.25, 0.3) is 0 Å². The fourth-order valence-electron chi connectivity index (χ4n) is 1.97. The molecule has 114 valence electrons. The summed E-state index contributed by atoms with van der Waals surface area (Å²) in [6.07, 6.45) is 5.00. The van der Waals surface area contributed by atoms with Gasteiger partial charge in [0.2, 0.25) is 11.8 Å². The molecule has 0 aliphatic carbocycles. The first-order valence-electron chi connectivity index (χ1n) is 7.32. The molecule has 1 aromatic carbocycles. The van der Waals surface area contributed by atoms with E-state index in [0.717, 1.165) is 12.1 Å². The molecule has 0 aliphatic heterocycles. The molecule has 0 saturated heterocycles. The minimum Gasteiger partial charge on any atom is -0.330 e. The topological polar surface area (TPSA) is 49.4 Å². The van der Waals surface area contributed by atoms with E-state index in [4.69, 9.17) is 0 Å². The molecule has 1 rings (SSSR count). The summed E-state index contributed by atoms with van der Waals surface area (Å²) < 4.78 is 0. The van der Waals surface area contributed by atoms with Gasteiger partial charge in [-0.15, -0.1) is 6.58 Å². The third-order valence-electron chi connectivity index (χ3n) is 3.19. The molecule has 1 N–H and O–H groups in total. The molecular weight excluding hydrogens is 264 g/mol.